The van der Waals surface area contributed by atoms with E-state index < -0.39 is 24.0 Å². The third kappa shape index (κ3) is 6.04. The molecule has 0 aromatic heterocycles. The number of ketones is 1. The summed E-state index contributed by atoms with van der Waals surface area (Å²) in [6, 6.07) is 12.6. The summed E-state index contributed by atoms with van der Waals surface area (Å²) in [5.41, 5.74) is 2.17. The maximum atomic E-state index is 14.4. The van der Waals surface area contributed by atoms with Gasteiger partial charge >= 0.3 is 0 Å². The first-order valence-electron chi connectivity index (χ1n) is 10.9. The van der Waals surface area contributed by atoms with Gasteiger partial charge in [0, 0.05) is 18.7 Å². The minimum atomic E-state index is -1.25. The van der Waals surface area contributed by atoms with Crippen LogP contribution < -0.4 is 0 Å². The molecule has 1 fully saturated rings. The fraction of sp³-hybridized carbons (Fsp3) is 0.458. The van der Waals surface area contributed by atoms with Crippen LogP contribution in [0.3, 0.4) is 0 Å². The van der Waals surface area contributed by atoms with E-state index in [9.17, 15) is 24.3 Å². The van der Waals surface area contributed by atoms with Crippen molar-refractivity contribution in [3.63, 3.8) is 0 Å². The number of halogens is 1. The minimum Gasteiger partial charge on any atom is -0.395 e. The molecular weight excluding hydrogens is 415 g/mol. The molecule has 1 heterocycles. The van der Waals surface area contributed by atoms with E-state index in [1.165, 1.54) is 6.07 Å². The molecule has 0 saturated carbocycles. The SMILES string of the molecule is O=NC1C(=O)[C@@H](O)CN(CCCCCOCc2ccc(-c3ccccc3)c(F)c2)C1CO. The molecule has 3 rings (SSSR count). The van der Waals surface area contributed by atoms with Gasteiger partial charge in [-0.15, -0.1) is 4.91 Å². The van der Waals surface area contributed by atoms with Crippen LogP contribution in [0.15, 0.2) is 53.7 Å². The van der Waals surface area contributed by atoms with Gasteiger partial charge in [0.25, 0.3) is 0 Å². The van der Waals surface area contributed by atoms with Gasteiger partial charge in [0.2, 0.25) is 0 Å². The number of carbonyl (C=O) groups is 1. The normalized spacial score (nSPS) is 21.6. The molecule has 2 unspecified atom stereocenters. The second kappa shape index (κ2) is 11.9. The number of carbonyl (C=O) groups excluding carboxylic acids is 1. The quantitative estimate of drug-likeness (QED) is 0.408. The van der Waals surface area contributed by atoms with E-state index in [-0.39, 0.29) is 19.0 Å². The number of likely N-dealkylation sites (tertiary alicyclic amines) is 1. The molecule has 0 radical (unpaired) electrons. The fourth-order valence-electron chi connectivity index (χ4n) is 4.01. The van der Waals surface area contributed by atoms with Crippen molar-refractivity contribution in [1.29, 1.82) is 0 Å². The topological polar surface area (TPSA) is 99.4 Å². The van der Waals surface area contributed by atoms with Crippen molar-refractivity contribution in [3.8, 4) is 11.1 Å². The Morgan fingerprint density at radius 1 is 1.12 bits per heavy atom. The molecule has 1 aliphatic rings. The van der Waals surface area contributed by atoms with Crippen molar-refractivity contribution in [2.45, 2.75) is 44.1 Å². The number of rotatable bonds is 11. The van der Waals surface area contributed by atoms with Gasteiger partial charge < -0.3 is 14.9 Å². The fourth-order valence-corrected chi connectivity index (χ4v) is 4.01. The van der Waals surface area contributed by atoms with Gasteiger partial charge in [0.1, 0.15) is 11.9 Å². The number of β-amino-alcohol motifs (C(OH)–C–C–N with tert-alkyl or cyclic N) is 1. The molecule has 172 valence electrons. The van der Waals surface area contributed by atoms with Gasteiger partial charge in [0.15, 0.2) is 11.8 Å². The van der Waals surface area contributed by atoms with Crippen LogP contribution in [0, 0.1) is 10.7 Å². The predicted molar refractivity (Wildman–Crippen MR) is 118 cm³/mol. The number of ether oxygens (including phenoxy) is 1. The maximum Gasteiger partial charge on any atom is 0.192 e. The highest BCUT2D eigenvalue weighted by Gasteiger charge is 2.42. The van der Waals surface area contributed by atoms with Crippen LogP contribution in [0.4, 0.5) is 4.39 Å². The summed E-state index contributed by atoms with van der Waals surface area (Å²) in [7, 11) is 0. The first kappa shape index (κ1) is 24.1. The number of piperidine rings is 1. The van der Waals surface area contributed by atoms with E-state index in [4.69, 9.17) is 4.74 Å². The highest BCUT2D eigenvalue weighted by Crippen LogP contribution is 2.24. The summed E-state index contributed by atoms with van der Waals surface area (Å²) in [6.07, 6.45) is 1.13. The largest absolute Gasteiger partial charge is 0.395 e. The highest BCUT2D eigenvalue weighted by molar-refractivity contribution is 5.90. The van der Waals surface area contributed by atoms with Crippen LogP contribution in [-0.2, 0) is 16.1 Å². The number of hydrogen-bond donors (Lipinski definition) is 2. The predicted octanol–water partition coefficient (Wildman–Crippen LogP) is 2.92. The first-order valence-corrected chi connectivity index (χ1v) is 10.9. The van der Waals surface area contributed by atoms with Crippen molar-refractivity contribution in [1.82, 2.24) is 4.90 Å². The molecular formula is C24H29FN2O5. The summed E-state index contributed by atoms with van der Waals surface area (Å²) in [4.78, 5) is 24.5. The number of nitroso groups, excluding NO2 is 1. The molecule has 0 spiro atoms. The lowest BCUT2D eigenvalue weighted by Crippen LogP contribution is -2.59. The van der Waals surface area contributed by atoms with E-state index >= 15 is 0 Å². The minimum absolute atomic E-state index is 0.0944. The molecule has 8 heteroatoms. The molecule has 2 aromatic carbocycles. The molecule has 2 aromatic rings. The molecule has 3 atom stereocenters. The van der Waals surface area contributed by atoms with Gasteiger partial charge in [-0.05, 0) is 43.0 Å². The Balaban J connectivity index is 1.37. The monoisotopic (exact) mass is 444 g/mol. The summed E-state index contributed by atoms with van der Waals surface area (Å²) in [6.45, 7) is 1.11. The standard InChI is InChI=1S/C24H29FN2O5/c25-20-13-17(9-10-19(20)18-7-3-1-4-8-18)16-32-12-6-2-5-11-27-14-22(29)24(30)23(26-31)21(27)15-28/h1,3-4,7-10,13,21-23,28-29H,2,5-6,11-12,14-16H2/t21?,22-,23?/m0/s1. The van der Waals surface area contributed by atoms with Gasteiger partial charge in [-0.1, -0.05) is 47.6 Å². The zero-order chi connectivity index (χ0) is 22.9. The van der Waals surface area contributed by atoms with Gasteiger partial charge in [-0.2, -0.15) is 0 Å². The summed E-state index contributed by atoms with van der Waals surface area (Å²) in [5.74, 6) is -0.905. The van der Waals surface area contributed by atoms with Crippen molar-refractivity contribution in [3.05, 3.63) is 64.8 Å². The number of nitrogens with zero attached hydrogens (tertiary/aromatic N) is 2. The summed E-state index contributed by atoms with van der Waals surface area (Å²) < 4.78 is 20.1. The molecule has 0 aliphatic carbocycles. The molecule has 32 heavy (non-hydrogen) atoms. The average Bonchev–Trinajstić information content (AvgIpc) is 2.80. The van der Waals surface area contributed by atoms with Crippen molar-refractivity contribution in [2.24, 2.45) is 5.18 Å². The molecule has 2 N–H and O–H groups in total. The number of unbranched alkanes of at least 4 members (excludes halogenated alkanes) is 2. The van der Waals surface area contributed by atoms with E-state index in [0.29, 0.717) is 25.3 Å². The first-order chi connectivity index (χ1) is 15.5. The van der Waals surface area contributed by atoms with Crippen molar-refractivity contribution in [2.75, 3.05) is 26.3 Å². The van der Waals surface area contributed by atoms with Gasteiger partial charge in [0.05, 0.1) is 19.3 Å². The number of Topliss-reactive ketones (excluding diaryl/α,β-unsaturated/α-hetero) is 1. The van der Waals surface area contributed by atoms with E-state index in [1.54, 1.807) is 11.0 Å². The number of benzene rings is 2. The third-order valence-corrected chi connectivity index (χ3v) is 5.78. The number of aliphatic hydroxyl groups is 2. The number of hydrogen-bond acceptors (Lipinski definition) is 7. The maximum absolute atomic E-state index is 14.4. The molecule has 0 bridgehead atoms. The Bertz CT molecular complexity index is 895. The summed E-state index contributed by atoms with van der Waals surface area (Å²) >= 11 is 0. The Morgan fingerprint density at radius 3 is 2.59 bits per heavy atom. The Hall–Kier alpha value is -2.52. The number of aliphatic hydroxyl groups excluding tert-OH is 2. The van der Waals surface area contributed by atoms with Crippen LogP contribution in [0.1, 0.15) is 24.8 Å². The van der Waals surface area contributed by atoms with Gasteiger partial charge in [-0.3, -0.25) is 9.69 Å². The Morgan fingerprint density at radius 2 is 1.91 bits per heavy atom. The van der Waals surface area contributed by atoms with Crippen molar-refractivity contribution < 1.29 is 24.1 Å². The smallest absolute Gasteiger partial charge is 0.192 e. The van der Waals surface area contributed by atoms with Crippen LogP contribution in [0.25, 0.3) is 11.1 Å². The summed E-state index contributed by atoms with van der Waals surface area (Å²) in [5, 5.41) is 22.2. The molecule has 1 saturated heterocycles. The second-order valence-electron chi connectivity index (χ2n) is 8.01. The second-order valence-corrected chi connectivity index (χ2v) is 8.01. The average molecular weight is 445 g/mol. The van der Waals surface area contributed by atoms with Crippen molar-refractivity contribution >= 4 is 5.78 Å². The van der Waals surface area contributed by atoms with Crippen LogP contribution >= 0.6 is 0 Å². The van der Waals surface area contributed by atoms with E-state index in [2.05, 4.69) is 5.18 Å². The lowest BCUT2D eigenvalue weighted by atomic mass is 9.93. The zero-order valence-electron chi connectivity index (χ0n) is 17.9. The highest BCUT2D eigenvalue weighted by atomic mass is 19.1. The molecule has 0 amide bonds. The Kier molecular flexibility index (Phi) is 8.99. The van der Waals surface area contributed by atoms with E-state index in [0.717, 1.165) is 30.4 Å². The Labute approximate surface area is 186 Å². The van der Waals surface area contributed by atoms with Crippen LogP contribution in [0.5, 0.6) is 0 Å². The zero-order valence-corrected chi connectivity index (χ0v) is 17.9. The lowest BCUT2D eigenvalue weighted by molar-refractivity contribution is -0.137. The third-order valence-electron chi connectivity index (χ3n) is 5.78. The van der Waals surface area contributed by atoms with E-state index in [1.807, 2.05) is 36.4 Å². The van der Waals surface area contributed by atoms with Crippen LogP contribution in [0.2, 0.25) is 0 Å². The van der Waals surface area contributed by atoms with Crippen LogP contribution in [-0.4, -0.2) is 65.4 Å². The molecule has 1 aliphatic heterocycles. The van der Waals surface area contributed by atoms with Gasteiger partial charge in [-0.25, -0.2) is 4.39 Å². The molecule has 7 nitrogen and oxygen atoms in total. The lowest BCUT2D eigenvalue weighted by Gasteiger charge is -2.38.